The topological polar surface area (TPSA) is 97.8 Å². The standard InChI is InChI=1S/C16H17N3O5S2/c20-15(18-16-17-5-9-25-16)12-2-1-6-19(12)26(21,22)11-3-4-13-14(10-11)24-8-7-23-13/h3-5,9-10,12H,1-2,6-8H2,(H,17,18,20). The average Bonchev–Trinajstić information content (AvgIpc) is 3.33. The molecular weight excluding hydrogens is 378 g/mol. The SMILES string of the molecule is O=C(Nc1nccs1)C1CCCN1S(=O)(=O)c1ccc2c(c1)OCCO2. The minimum atomic E-state index is -3.83. The zero-order valence-corrected chi connectivity index (χ0v) is 15.4. The van der Waals surface area contributed by atoms with E-state index in [2.05, 4.69) is 10.3 Å². The molecule has 10 heteroatoms. The Morgan fingerprint density at radius 2 is 2.08 bits per heavy atom. The molecule has 0 aliphatic carbocycles. The van der Waals surface area contributed by atoms with Gasteiger partial charge in [-0.05, 0) is 25.0 Å². The predicted molar refractivity (Wildman–Crippen MR) is 95.1 cm³/mol. The Hall–Kier alpha value is -2.17. The molecule has 0 saturated carbocycles. The first-order chi connectivity index (χ1) is 12.6. The molecule has 26 heavy (non-hydrogen) atoms. The summed E-state index contributed by atoms with van der Waals surface area (Å²) in [5.41, 5.74) is 0. The molecule has 1 aromatic heterocycles. The second-order valence-corrected chi connectivity index (χ2v) is 8.69. The lowest BCUT2D eigenvalue weighted by molar-refractivity contribution is -0.119. The first-order valence-electron chi connectivity index (χ1n) is 8.17. The van der Waals surface area contributed by atoms with E-state index in [1.54, 1.807) is 17.6 Å². The normalized spacial score (nSPS) is 20.1. The summed E-state index contributed by atoms with van der Waals surface area (Å²) in [7, 11) is -3.83. The molecule has 1 saturated heterocycles. The number of amides is 1. The predicted octanol–water partition coefficient (Wildman–Crippen LogP) is 1.71. The third-order valence-corrected chi connectivity index (χ3v) is 6.88. The van der Waals surface area contributed by atoms with E-state index in [0.29, 0.717) is 49.2 Å². The zero-order valence-electron chi connectivity index (χ0n) is 13.8. The van der Waals surface area contributed by atoms with Crippen molar-refractivity contribution in [3.05, 3.63) is 29.8 Å². The van der Waals surface area contributed by atoms with Crippen LogP contribution in [-0.2, 0) is 14.8 Å². The van der Waals surface area contributed by atoms with Crippen LogP contribution in [0.15, 0.2) is 34.7 Å². The van der Waals surface area contributed by atoms with Gasteiger partial charge in [0.25, 0.3) is 0 Å². The van der Waals surface area contributed by atoms with Crippen molar-refractivity contribution in [1.29, 1.82) is 0 Å². The molecule has 3 heterocycles. The number of carbonyl (C=O) groups excluding carboxylic acids is 1. The summed E-state index contributed by atoms with van der Waals surface area (Å²) in [4.78, 5) is 16.6. The lowest BCUT2D eigenvalue weighted by Crippen LogP contribution is -2.43. The minimum Gasteiger partial charge on any atom is -0.486 e. The molecule has 2 aromatic rings. The molecular formula is C16H17N3O5S2. The lowest BCUT2D eigenvalue weighted by atomic mass is 10.2. The maximum atomic E-state index is 13.1. The number of ether oxygens (including phenoxy) is 2. The number of nitrogens with one attached hydrogen (secondary N) is 1. The summed E-state index contributed by atoms with van der Waals surface area (Å²) in [5, 5.41) is 4.89. The van der Waals surface area contributed by atoms with Gasteiger partial charge in [-0.25, -0.2) is 13.4 Å². The van der Waals surface area contributed by atoms with Crippen LogP contribution in [0.25, 0.3) is 0 Å². The highest BCUT2D eigenvalue weighted by Gasteiger charge is 2.40. The van der Waals surface area contributed by atoms with Crippen LogP contribution in [0.4, 0.5) is 5.13 Å². The van der Waals surface area contributed by atoms with Gasteiger partial charge in [-0.1, -0.05) is 0 Å². The van der Waals surface area contributed by atoms with Crippen molar-refractivity contribution >= 4 is 32.4 Å². The Morgan fingerprint density at radius 1 is 1.27 bits per heavy atom. The molecule has 1 fully saturated rings. The van der Waals surface area contributed by atoms with Crippen LogP contribution in [0.5, 0.6) is 11.5 Å². The molecule has 8 nitrogen and oxygen atoms in total. The summed E-state index contributed by atoms with van der Waals surface area (Å²) in [5.74, 6) is 0.563. The first-order valence-corrected chi connectivity index (χ1v) is 10.5. The van der Waals surface area contributed by atoms with Crippen LogP contribution in [0.1, 0.15) is 12.8 Å². The van der Waals surface area contributed by atoms with E-state index in [0.717, 1.165) is 0 Å². The van der Waals surface area contributed by atoms with Crippen molar-refractivity contribution < 1.29 is 22.7 Å². The summed E-state index contributed by atoms with van der Waals surface area (Å²) >= 11 is 1.29. The van der Waals surface area contributed by atoms with Gasteiger partial charge >= 0.3 is 0 Å². The fourth-order valence-corrected chi connectivity index (χ4v) is 5.29. The molecule has 1 atom stereocenters. The van der Waals surface area contributed by atoms with Gasteiger partial charge in [-0.3, -0.25) is 4.79 Å². The number of rotatable bonds is 4. The van der Waals surface area contributed by atoms with E-state index >= 15 is 0 Å². The highest BCUT2D eigenvalue weighted by molar-refractivity contribution is 7.89. The van der Waals surface area contributed by atoms with Crippen molar-refractivity contribution in [1.82, 2.24) is 9.29 Å². The van der Waals surface area contributed by atoms with Gasteiger partial charge in [0.2, 0.25) is 15.9 Å². The van der Waals surface area contributed by atoms with Crippen molar-refractivity contribution in [3.8, 4) is 11.5 Å². The molecule has 0 radical (unpaired) electrons. The first kappa shape index (κ1) is 17.3. The minimum absolute atomic E-state index is 0.0932. The summed E-state index contributed by atoms with van der Waals surface area (Å²) in [6, 6.07) is 3.77. The van der Waals surface area contributed by atoms with Crippen LogP contribution >= 0.6 is 11.3 Å². The van der Waals surface area contributed by atoms with Gasteiger partial charge in [0.1, 0.15) is 19.3 Å². The number of anilines is 1. The van der Waals surface area contributed by atoms with Gasteiger partial charge in [-0.15, -0.1) is 11.3 Å². The molecule has 2 aliphatic heterocycles. The molecule has 0 spiro atoms. The summed E-state index contributed by atoms with van der Waals surface area (Å²) < 4.78 is 38.3. The molecule has 138 valence electrons. The monoisotopic (exact) mass is 395 g/mol. The fraction of sp³-hybridized carbons (Fsp3) is 0.375. The zero-order chi connectivity index (χ0) is 18.1. The number of hydrogen-bond acceptors (Lipinski definition) is 7. The Balaban J connectivity index is 1.59. The van der Waals surface area contributed by atoms with E-state index in [4.69, 9.17) is 9.47 Å². The van der Waals surface area contributed by atoms with Gasteiger partial charge in [0, 0.05) is 24.2 Å². The number of benzene rings is 1. The van der Waals surface area contributed by atoms with Gasteiger partial charge in [-0.2, -0.15) is 4.31 Å². The van der Waals surface area contributed by atoms with Crippen LogP contribution in [-0.4, -0.2) is 49.4 Å². The largest absolute Gasteiger partial charge is 0.486 e. The van der Waals surface area contributed by atoms with Crippen molar-refractivity contribution in [3.63, 3.8) is 0 Å². The third kappa shape index (κ3) is 3.15. The number of nitrogens with zero attached hydrogens (tertiary/aromatic N) is 2. The molecule has 2 aliphatic rings. The summed E-state index contributed by atoms with van der Waals surface area (Å²) in [6.45, 7) is 1.11. The number of carbonyl (C=O) groups is 1. The molecule has 1 unspecified atom stereocenters. The van der Waals surface area contributed by atoms with E-state index in [-0.39, 0.29) is 10.8 Å². The van der Waals surface area contributed by atoms with Crippen LogP contribution in [0.2, 0.25) is 0 Å². The number of thiazole rings is 1. The second-order valence-electron chi connectivity index (χ2n) is 5.91. The van der Waals surface area contributed by atoms with E-state index in [1.807, 2.05) is 0 Å². The van der Waals surface area contributed by atoms with Gasteiger partial charge in [0.05, 0.1) is 4.90 Å². The van der Waals surface area contributed by atoms with Gasteiger partial charge in [0.15, 0.2) is 16.6 Å². The Morgan fingerprint density at radius 3 is 2.85 bits per heavy atom. The maximum absolute atomic E-state index is 13.1. The van der Waals surface area contributed by atoms with Crippen LogP contribution in [0, 0.1) is 0 Å². The van der Waals surface area contributed by atoms with E-state index in [1.165, 1.54) is 27.8 Å². The number of fused-ring (bicyclic) bond motifs is 1. The summed E-state index contributed by atoms with van der Waals surface area (Å²) in [6.07, 6.45) is 2.68. The number of sulfonamides is 1. The maximum Gasteiger partial charge on any atom is 0.244 e. The number of hydrogen-bond donors (Lipinski definition) is 1. The fourth-order valence-electron chi connectivity index (χ4n) is 3.08. The number of aromatic nitrogens is 1. The van der Waals surface area contributed by atoms with Gasteiger partial charge < -0.3 is 14.8 Å². The quantitative estimate of drug-likeness (QED) is 0.846. The van der Waals surface area contributed by atoms with Crippen LogP contribution in [0.3, 0.4) is 0 Å². The lowest BCUT2D eigenvalue weighted by Gasteiger charge is -2.24. The smallest absolute Gasteiger partial charge is 0.244 e. The highest BCUT2D eigenvalue weighted by Crippen LogP contribution is 2.35. The third-order valence-electron chi connectivity index (χ3n) is 4.29. The Bertz CT molecular complexity index is 914. The molecule has 4 rings (SSSR count). The Labute approximate surface area is 154 Å². The Kier molecular flexibility index (Phi) is 4.55. The van der Waals surface area contributed by atoms with Crippen molar-refractivity contribution in [2.24, 2.45) is 0 Å². The van der Waals surface area contributed by atoms with E-state index in [9.17, 15) is 13.2 Å². The van der Waals surface area contributed by atoms with E-state index < -0.39 is 16.1 Å². The molecule has 1 amide bonds. The molecule has 1 N–H and O–H groups in total. The van der Waals surface area contributed by atoms with Crippen molar-refractivity contribution in [2.75, 3.05) is 25.1 Å². The van der Waals surface area contributed by atoms with Crippen molar-refractivity contribution in [2.45, 2.75) is 23.8 Å². The highest BCUT2D eigenvalue weighted by atomic mass is 32.2. The molecule has 0 bridgehead atoms. The van der Waals surface area contributed by atoms with Crippen LogP contribution < -0.4 is 14.8 Å². The average molecular weight is 395 g/mol. The molecule has 1 aromatic carbocycles. The second kappa shape index (κ2) is 6.86.